The average molecular weight is 508 g/mol. The lowest BCUT2D eigenvalue weighted by molar-refractivity contribution is -0.384. The number of hydrogen-bond acceptors (Lipinski definition) is 6. The molecule has 0 bridgehead atoms. The van der Waals surface area contributed by atoms with Crippen molar-refractivity contribution in [2.45, 2.75) is 13.0 Å². The van der Waals surface area contributed by atoms with E-state index >= 15 is 0 Å². The molecule has 30 heavy (non-hydrogen) atoms. The van der Waals surface area contributed by atoms with E-state index in [4.69, 9.17) is 51.1 Å². The summed E-state index contributed by atoms with van der Waals surface area (Å²) >= 11 is 25.4. The molecule has 0 saturated carbocycles. The summed E-state index contributed by atoms with van der Waals surface area (Å²) in [4.78, 5) is 35.1. The monoisotopic (exact) mass is 506 g/mol. The number of halogens is 4. The van der Waals surface area contributed by atoms with Crippen LogP contribution in [0.15, 0.2) is 30.3 Å². The molecule has 7 nitrogen and oxygen atoms in total. The van der Waals surface area contributed by atoms with Gasteiger partial charge in [0, 0.05) is 27.2 Å². The third kappa shape index (κ3) is 4.63. The van der Waals surface area contributed by atoms with Crippen molar-refractivity contribution in [3.63, 3.8) is 0 Å². The SMILES string of the molecule is CC(OC(=O)c1sc2cc(Cl)cc(Cl)c2c1Cl)C(=O)Nc1ccc([N+](=O)[O-])cc1Cl. The van der Waals surface area contributed by atoms with Crippen LogP contribution in [0.4, 0.5) is 11.4 Å². The fraction of sp³-hybridized carbons (Fsp3) is 0.111. The fourth-order valence-electron chi connectivity index (χ4n) is 2.46. The average Bonchev–Trinajstić information content (AvgIpc) is 2.99. The van der Waals surface area contributed by atoms with Gasteiger partial charge in [-0.05, 0) is 25.1 Å². The first-order valence-electron chi connectivity index (χ1n) is 8.11. The first-order chi connectivity index (χ1) is 14.1. The molecule has 3 aromatic rings. The van der Waals surface area contributed by atoms with Crippen molar-refractivity contribution < 1.29 is 19.2 Å². The molecular weight excluding hydrogens is 498 g/mol. The standard InChI is InChI=1S/C18H10Cl4N2O5S/c1-7(17(25)23-12-3-2-9(24(27)28)6-10(12)20)29-18(26)16-15(22)14-11(21)4-8(19)5-13(14)30-16/h2-7H,1H3,(H,23,25). The number of nitro groups is 1. The van der Waals surface area contributed by atoms with E-state index in [0.717, 1.165) is 17.4 Å². The molecule has 0 spiro atoms. The van der Waals surface area contributed by atoms with Crippen LogP contribution in [0.1, 0.15) is 16.6 Å². The van der Waals surface area contributed by atoms with Crippen LogP contribution in [0.5, 0.6) is 0 Å². The van der Waals surface area contributed by atoms with Crippen LogP contribution in [0.25, 0.3) is 10.1 Å². The van der Waals surface area contributed by atoms with E-state index < -0.39 is 22.9 Å². The Labute approximate surface area is 193 Å². The molecule has 0 aliphatic heterocycles. The minimum absolute atomic E-state index is 0.0323. The number of esters is 1. The van der Waals surface area contributed by atoms with E-state index in [1.54, 1.807) is 6.07 Å². The van der Waals surface area contributed by atoms with Crippen LogP contribution in [-0.4, -0.2) is 22.9 Å². The van der Waals surface area contributed by atoms with Crippen LogP contribution in [-0.2, 0) is 9.53 Å². The highest BCUT2D eigenvalue weighted by atomic mass is 35.5. The number of benzene rings is 2. The quantitative estimate of drug-likeness (QED) is 0.238. The van der Waals surface area contributed by atoms with Crippen molar-refractivity contribution >= 4 is 91.1 Å². The molecule has 3 rings (SSSR count). The third-order valence-electron chi connectivity index (χ3n) is 3.91. The summed E-state index contributed by atoms with van der Waals surface area (Å²) in [5, 5.41) is 14.4. The smallest absolute Gasteiger partial charge is 0.350 e. The van der Waals surface area contributed by atoms with Crippen molar-refractivity contribution in [1.29, 1.82) is 0 Å². The number of ether oxygens (including phenoxy) is 1. The van der Waals surface area contributed by atoms with Gasteiger partial charge in [-0.3, -0.25) is 14.9 Å². The second-order valence-electron chi connectivity index (χ2n) is 5.96. The number of thiophene rings is 1. The van der Waals surface area contributed by atoms with Crippen molar-refractivity contribution in [3.05, 3.63) is 65.4 Å². The Kier molecular flexibility index (Phi) is 6.74. The molecule has 2 aromatic carbocycles. The number of carbonyl (C=O) groups is 2. The van der Waals surface area contributed by atoms with E-state index in [-0.39, 0.29) is 31.3 Å². The highest BCUT2D eigenvalue weighted by Crippen LogP contribution is 2.41. The van der Waals surface area contributed by atoms with Crippen molar-refractivity contribution in [2.24, 2.45) is 0 Å². The number of non-ortho nitro benzene ring substituents is 1. The number of anilines is 1. The number of nitrogens with one attached hydrogen (secondary N) is 1. The van der Waals surface area contributed by atoms with E-state index in [9.17, 15) is 19.7 Å². The Morgan fingerprint density at radius 3 is 2.47 bits per heavy atom. The highest BCUT2D eigenvalue weighted by Gasteiger charge is 2.25. The Morgan fingerprint density at radius 2 is 1.83 bits per heavy atom. The van der Waals surface area contributed by atoms with Crippen molar-refractivity contribution in [1.82, 2.24) is 0 Å². The minimum atomic E-state index is -1.20. The summed E-state index contributed by atoms with van der Waals surface area (Å²) in [5.41, 5.74) is -0.0906. The van der Waals surface area contributed by atoms with Crippen LogP contribution < -0.4 is 5.32 Å². The molecule has 0 fully saturated rings. The number of carbonyl (C=O) groups excluding carboxylic acids is 2. The highest BCUT2D eigenvalue weighted by molar-refractivity contribution is 7.21. The Bertz CT molecular complexity index is 1200. The van der Waals surface area contributed by atoms with E-state index in [1.165, 1.54) is 25.1 Å². The van der Waals surface area contributed by atoms with Crippen molar-refractivity contribution in [2.75, 3.05) is 5.32 Å². The van der Waals surface area contributed by atoms with Gasteiger partial charge < -0.3 is 10.1 Å². The van der Waals surface area contributed by atoms with Gasteiger partial charge in [0.15, 0.2) is 6.10 Å². The molecule has 0 aliphatic carbocycles. The molecule has 1 aromatic heterocycles. The maximum Gasteiger partial charge on any atom is 0.350 e. The van der Waals surface area contributed by atoms with Gasteiger partial charge >= 0.3 is 5.97 Å². The largest absolute Gasteiger partial charge is 0.448 e. The topological polar surface area (TPSA) is 98.5 Å². The predicted octanol–water partition coefficient (Wildman–Crippen LogP) is 6.61. The second kappa shape index (κ2) is 8.95. The lowest BCUT2D eigenvalue weighted by atomic mass is 10.2. The van der Waals surface area contributed by atoms with E-state index in [0.29, 0.717) is 15.1 Å². The fourth-order valence-corrected chi connectivity index (χ4v) is 4.94. The summed E-state index contributed by atoms with van der Waals surface area (Å²) < 4.78 is 5.80. The molecule has 0 saturated heterocycles. The molecule has 0 radical (unpaired) electrons. The Balaban J connectivity index is 1.75. The predicted molar refractivity (Wildman–Crippen MR) is 118 cm³/mol. The Morgan fingerprint density at radius 1 is 1.13 bits per heavy atom. The minimum Gasteiger partial charge on any atom is -0.448 e. The molecule has 1 amide bonds. The molecule has 12 heteroatoms. The molecule has 1 atom stereocenters. The molecule has 0 aliphatic rings. The number of rotatable bonds is 5. The van der Waals surface area contributed by atoms with E-state index in [2.05, 4.69) is 5.32 Å². The van der Waals surface area contributed by atoms with Crippen LogP contribution in [0.3, 0.4) is 0 Å². The summed E-state index contributed by atoms with van der Waals surface area (Å²) in [6, 6.07) is 6.68. The van der Waals surface area contributed by atoms with Gasteiger partial charge in [-0.15, -0.1) is 11.3 Å². The summed E-state index contributed by atoms with van der Waals surface area (Å²) in [7, 11) is 0. The van der Waals surface area contributed by atoms with Gasteiger partial charge in [0.1, 0.15) is 4.88 Å². The zero-order chi connectivity index (χ0) is 22.2. The normalized spacial score (nSPS) is 11.9. The zero-order valence-electron chi connectivity index (χ0n) is 14.9. The second-order valence-corrected chi connectivity index (χ2v) is 8.64. The van der Waals surface area contributed by atoms with Crippen LogP contribution in [0, 0.1) is 10.1 Å². The number of hydrogen-bond donors (Lipinski definition) is 1. The summed E-state index contributed by atoms with van der Waals surface area (Å²) in [5.74, 6) is -1.50. The van der Waals surface area contributed by atoms with Gasteiger partial charge in [-0.25, -0.2) is 4.79 Å². The molecule has 1 N–H and O–H groups in total. The van der Waals surface area contributed by atoms with Gasteiger partial charge in [0.25, 0.3) is 11.6 Å². The number of nitrogens with zero attached hydrogens (tertiary/aromatic N) is 1. The Hall–Kier alpha value is -2.10. The van der Waals surface area contributed by atoms with Crippen molar-refractivity contribution in [3.8, 4) is 0 Å². The van der Waals surface area contributed by atoms with Crippen LogP contribution in [0.2, 0.25) is 20.1 Å². The van der Waals surface area contributed by atoms with Gasteiger partial charge in [0.2, 0.25) is 0 Å². The lowest BCUT2D eigenvalue weighted by Crippen LogP contribution is -2.30. The summed E-state index contributed by atoms with van der Waals surface area (Å²) in [6.45, 7) is 1.36. The molecule has 1 heterocycles. The maximum absolute atomic E-state index is 12.5. The molecule has 1 unspecified atom stereocenters. The van der Waals surface area contributed by atoms with Crippen LogP contribution >= 0.6 is 57.7 Å². The first-order valence-corrected chi connectivity index (χ1v) is 10.4. The molecular formula is C18H10Cl4N2O5S. The van der Waals surface area contributed by atoms with Gasteiger partial charge in [-0.1, -0.05) is 46.4 Å². The number of amides is 1. The van der Waals surface area contributed by atoms with E-state index in [1.807, 2.05) is 0 Å². The first kappa shape index (κ1) is 22.6. The molecule has 156 valence electrons. The number of nitro benzene ring substituents is 1. The van der Waals surface area contributed by atoms with Gasteiger partial charge in [-0.2, -0.15) is 0 Å². The summed E-state index contributed by atoms with van der Waals surface area (Å²) in [6.07, 6.45) is -1.20. The third-order valence-corrected chi connectivity index (χ3v) is 6.35. The zero-order valence-corrected chi connectivity index (χ0v) is 18.7. The van der Waals surface area contributed by atoms with Gasteiger partial charge in [0.05, 0.1) is 25.7 Å². The lowest BCUT2D eigenvalue weighted by Gasteiger charge is -2.14. The number of fused-ring (bicyclic) bond motifs is 1. The maximum atomic E-state index is 12.5.